The van der Waals surface area contributed by atoms with Crippen molar-refractivity contribution in [2.45, 2.75) is 32.4 Å². The van der Waals surface area contributed by atoms with Crippen LogP contribution in [0, 0.1) is 12.3 Å². The van der Waals surface area contributed by atoms with E-state index < -0.39 is 12.0 Å². The number of alkyl halides is 3. The Morgan fingerprint density at radius 2 is 1.90 bits per heavy atom. The van der Waals surface area contributed by atoms with Gasteiger partial charge in [0.1, 0.15) is 5.82 Å². The second kappa shape index (κ2) is 5.12. The monoisotopic (exact) mass is 300 g/mol. The predicted octanol–water partition coefficient (Wildman–Crippen LogP) is 2.38. The number of anilines is 1. The lowest BCUT2D eigenvalue weighted by Gasteiger charge is -2.33. The molecule has 0 aromatic carbocycles. The molecule has 1 aromatic heterocycles. The minimum atomic E-state index is -4.49. The number of aromatic nitrogens is 2. The smallest absolute Gasteiger partial charge is 0.356 e. The van der Waals surface area contributed by atoms with Gasteiger partial charge in [0, 0.05) is 24.8 Å². The molecule has 116 valence electrons. The van der Waals surface area contributed by atoms with Crippen molar-refractivity contribution < 1.29 is 13.2 Å². The van der Waals surface area contributed by atoms with Crippen LogP contribution in [-0.4, -0.2) is 36.1 Å². The van der Waals surface area contributed by atoms with Gasteiger partial charge in [-0.1, -0.05) is 0 Å². The summed E-state index contributed by atoms with van der Waals surface area (Å²) in [7, 11) is 0. The van der Waals surface area contributed by atoms with Crippen LogP contribution in [-0.2, 0) is 6.18 Å². The number of nitrogens with zero attached hydrogens (tertiary/aromatic N) is 3. The Labute approximate surface area is 121 Å². The number of hydrogen-bond donors (Lipinski definition) is 1. The maximum Gasteiger partial charge on any atom is 0.451 e. The van der Waals surface area contributed by atoms with Crippen LogP contribution in [0.2, 0.25) is 0 Å². The lowest BCUT2D eigenvalue weighted by Crippen LogP contribution is -2.38. The molecule has 1 aromatic rings. The Morgan fingerprint density at radius 3 is 2.57 bits per heavy atom. The van der Waals surface area contributed by atoms with Gasteiger partial charge in [0.2, 0.25) is 5.82 Å². The molecule has 0 amide bonds. The average molecular weight is 300 g/mol. The molecule has 4 nitrogen and oxygen atoms in total. The molecule has 1 spiro atoms. The fourth-order valence-electron chi connectivity index (χ4n) is 3.34. The number of rotatable bonds is 1. The van der Waals surface area contributed by atoms with Crippen LogP contribution < -0.4 is 10.2 Å². The molecule has 0 aliphatic carbocycles. The van der Waals surface area contributed by atoms with Gasteiger partial charge in [-0.05, 0) is 44.7 Å². The molecule has 0 saturated carbocycles. The first kappa shape index (κ1) is 14.6. The van der Waals surface area contributed by atoms with Crippen LogP contribution in [0.25, 0.3) is 0 Å². The first-order valence-electron chi connectivity index (χ1n) is 7.27. The molecule has 1 N–H and O–H groups in total. The summed E-state index contributed by atoms with van der Waals surface area (Å²) in [6.07, 6.45) is -1.30. The van der Waals surface area contributed by atoms with Gasteiger partial charge in [0.25, 0.3) is 0 Å². The number of aryl methyl sites for hydroxylation is 1. The molecule has 2 saturated heterocycles. The third kappa shape index (κ3) is 2.97. The molecular formula is C14H19F3N4. The first-order chi connectivity index (χ1) is 9.88. The third-order valence-electron chi connectivity index (χ3n) is 4.52. The van der Waals surface area contributed by atoms with E-state index in [2.05, 4.69) is 15.3 Å². The molecular weight excluding hydrogens is 281 g/mol. The van der Waals surface area contributed by atoms with E-state index in [4.69, 9.17) is 0 Å². The van der Waals surface area contributed by atoms with E-state index in [-0.39, 0.29) is 5.41 Å². The molecule has 0 bridgehead atoms. The van der Waals surface area contributed by atoms with Crippen molar-refractivity contribution in [3.8, 4) is 0 Å². The van der Waals surface area contributed by atoms with Crippen molar-refractivity contribution in [3.63, 3.8) is 0 Å². The first-order valence-corrected chi connectivity index (χ1v) is 7.27. The average Bonchev–Trinajstić information content (AvgIpc) is 2.82. The van der Waals surface area contributed by atoms with Crippen LogP contribution in [0.1, 0.15) is 30.8 Å². The summed E-state index contributed by atoms with van der Waals surface area (Å²) in [5.74, 6) is -0.631. The highest BCUT2D eigenvalue weighted by molar-refractivity contribution is 5.42. The van der Waals surface area contributed by atoms with Crippen LogP contribution in [0.5, 0.6) is 0 Å². The van der Waals surface area contributed by atoms with Gasteiger partial charge >= 0.3 is 6.18 Å². The zero-order valence-electron chi connectivity index (χ0n) is 12.0. The Balaban J connectivity index is 1.83. The van der Waals surface area contributed by atoms with E-state index in [1.807, 2.05) is 4.90 Å². The van der Waals surface area contributed by atoms with Gasteiger partial charge < -0.3 is 10.2 Å². The molecule has 21 heavy (non-hydrogen) atoms. The van der Waals surface area contributed by atoms with E-state index in [1.165, 1.54) is 0 Å². The van der Waals surface area contributed by atoms with E-state index in [0.29, 0.717) is 11.5 Å². The maximum absolute atomic E-state index is 12.8. The zero-order valence-corrected chi connectivity index (χ0v) is 12.0. The largest absolute Gasteiger partial charge is 0.451 e. The Kier molecular flexibility index (Phi) is 3.55. The second-order valence-corrected chi connectivity index (χ2v) is 6.11. The van der Waals surface area contributed by atoms with Crippen LogP contribution in [0.4, 0.5) is 19.0 Å². The van der Waals surface area contributed by atoms with Crippen LogP contribution >= 0.6 is 0 Å². The number of nitrogens with one attached hydrogen (secondary N) is 1. The molecule has 2 aliphatic heterocycles. The van der Waals surface area contributed by atoms with Gasteiger partial charge in [-0.3, -0.25) is 0 Å². The lowest BCUT2D eigenvalue weighted by molar-refractivity contribution is -0.145. The fourth-order valence-corrected chi connectivity index (χ4v) is 3.34. The standard InChI is InChI=1S/C14H19F3N4/c1-10-8-11(20-12(19-10)14(15,16)17)21-7-4-13(9-21)2-5-18-6-3-13/h8,18H,2-7,9H2,1H3. The quantitative estimate of drug-likeness (QED) is 0.864. The predicted molar refractivity (Wildman–Crippen MR) is 73.1 cm³/mol. The Bertz CT molecular complexity index is 523. The summed E-state index contributed by atoms with van der Waals surface area (Å²) < 4.78 is 38.5. The molecule has 2 aliphatic rings. The van der Waals surface area contributed by atoms with Gasteiger partial charge in [0.15, 0.2) is 0 Å². The Morgan fingerprint density at radius 1 is 1.19 bits per heavy atom. The van der Waals surface area contributed by atoms with Gasteiger partial charge in [-0.15, -0.1) is 0 Å². The summed E-state index contributed by atoms with van der Waals surface area (Å²) in [5.41, 5.74) is 0.598. The highest BCUT2D eigenvalue weighted by Gasteiger charge is 2.40. The third-order valence-corrected chi connectivity index (χ3v) is 4.52. The highest BCUT2D eigenvalue weighted by Crippen LogP contribution is 2.40. The molecule has 0 radical (unpaired) electrons. The van der Waals surface area contributed by atoms with Crippen LogP contribution in [0.15, 0.2) is 6.07 Å². The summed E-state index contributed by atoms with van der Waals surface area (Å²) in [6.45, 7) is 5.13. The van der Waals surface area contributed by atoms with Crippen LogP contribution in [0.3, 0.4) is 0 Å². The van der Waals surface area contributed by atoms with Crippen molar-refractivity contribution in [2.75, 3.05) is 31.1 Å². The Hall–Kier alpha value is -1.37. The second-order valence-electron chi connectivity index (χ2n) is 6.11. The van der Waals surface area contributed by atoms with Crippen molar-refractivity contribution in [2.24, 2.45) is 5.41 Å². The molecule has 2 fully saturated rings. The van der Waals surface area contributed by atoms with E-state index in [9.17, 15) is 13.2 Å². The van der Waals surface area contributed by atoms with Gasteiger partial charge in [-0.25, -0.2) is 9.97 Å². The summed E-state index contributed by atoms with van der Waals surface area (Å²) in [6, 6.07) is 1.65. The molecule has 0 atom stereocenters. The normalized spacial score (nSPS) is 22.0. The van der Waals surface area contributed by atoms with Crippen molar-refractivity contribution in [1.82, 2.24) is 15.3 Å². The minimum Gasteiger partial charge on any atom is -0.356 e. The topological polar surface area (TPSA) is 41.0 Å². The van der Waals surface area contributed by atoms with Crippen molar-refractivity contribution in [3.05, 3.63) is 17.6 Å². The van der Waals surface area contributed by atoms with E-state index in [1.54, 1.807) is 13.0 Å². The highest BCUT2D eigenvalue weighted by atomic mass is 19.4. The fraction of sp³-hybridized carbons (Fsp3) is 0.714. The molecule has 0 unspecified atom stereocenters. The number of piperidine rings is 1. The number of hydrogen-bond acceptors (Lipinski definition) is 4. The maximum atomic E-state index is 12.8. The van der Waals surface area contributed by atoms with E-state index >= 15 is 0 Å². The molecule has 3 heterocycles. The summed E-state index contributed by atoms with van der Waals surface area (Å²) >= 11 is 0. The summed E-state index contributed by atoms with van der Waals surface area (Å²) in [5, 5.41) is 3.34. The molecule has 3 rings (SSSR count). The van der Waals surface area contributed by atoms with E-state index in [0.717, 1.165) is 45.4 Å². The SMILES string of the molecule is Cc1cc(N2CCC3(CCNCC3)C2)nc(C(F)(F)F)n1. The summed E-state index contributed by atoms with van der Waals surface area (Å²) in [4.78, 5) is 9.23. The van der Waals surface area contributed by atoms with Gasteiger partial charge in [-0.2, -0.15) is 13.2 Å². The van der Waals surface area contributed by atoms with Crippen molar-refractivity contribution in [1.29, 1.82) is 0 Å². The van der Waals surface area contributed by atoms with Crippen molar-refractivity contribution >= 4 is 5.82 Å². The molecule has 7 heteroatoms. The lowest BCUT2D eigenvalue weighted by atomic mass is 9.78. The van der Waals surface area contributed by atoms with Gasteiger partial charge in [0.05, 0.1) is 0 Å². The number of halogens is 3. The zero-order chi connectivity index (χ0) is 15.1. The minimum absolute atomic E-state index is 0.239.